The zero-order chi connectivity index (χ0) is 20.4. The van der Waals surface area contributed by atoms with Crippen LogP contribution in [0.1, 0.15) is 43.0 Å². The Balaban J connectivity index is 1.45. The highest BCUT2D eigenvalue weighted by atomic mass is 19.1. The first-order valence-corrected chi connectivity index (χ1v) is 10.3. The summed E-state index contributed by atoms with van der Waals surface area (Å²) in [7, 11) is 0. The van der Waals surface area contributed by atoms with Gasteiger partial charge in [0.05, 0.1) is 0 Å². The summed E-state index contributed by atoms with van der Waals surface area (Å²) in [5.41, 5.74) is 0.613. The molecule has 0 unspecified atom stereocenters. The number of halogens is 2. The molecule has 29 heavy (non-hydrogen) atoms. The maximum absolute atomic E-state index is 13.8. The number of piperidine rings is 1. The summed E-state index contributed by atoms with van der Waals surface area (Å²) in [6, 6.07) is 10.6. The molecule has 2 aromatic rings. The number of nitrogens with zero attached hydrogens (tertiary/aromatic N) is 2. The van der Waals surface area contributed by atoms with E-state index in [0.29, 0.717) is 23.4 Å². The van der Waals surface area contributed by atoms with Crippen LogP contribution in [0.5, 0.6) is 11.5 Å². The predicted octanol–water partition coefficient (Wildman–Crippen LogP) is 4.85. The van der Waals surface area contributed by atoms with E-state index in [9.17, 15) is 13.6 Å². The van der Waals surface area contributed by atoms with Crippen LogP contribution in [0.2, 0.25) is 0 Å². The molecule has 1 aliphatic carbocycles. The van der Waals surface area contributed by atoms with Gasteiger partial charge in [-0.25, -0.2) is 8.78 Å². The Hall–Kier alpha value is -2.47. The van der Waals surface area contributed by atoms with Crippen molar-refractivity contribution in [3.8, 4) is 11.5 Å². The molecule has 6 heteroatoms. The molecular formula is C23H26F2N2O2. The van der Waals surface area contributed by atoms with Gasteiger partial charge in [0.15, 0.2) is 11.6 Å². The molecule has 0 bridgehead atoms. The van der Waals surface area contributed by atoms with Gasteiger partial charge in [0.25, 0.3) is 5.91 Å². The van der Waals surface area contributed by atoms with Crippen LogP contribution in [0.4, 0.5) is 8.78 Å². The Kier molecular flexibility index (Phi) is 5.81. The summed E-state index contributed by atoms with van der Waals surface area (Å²) < 4.78 is 32.3. The van der Waals surface area contributed by atoms with Gasteiger partial charge >= 0.3 is 0 Å². The molecule has 1 amide bonds. The maximum atomic E-state index is 13.8. The first-order chi connectivity index (χ1) is 14.0. The van der Waals surface area contributed by atoms with Gasteiger partial charge in [-0.05, 0) is 68.6 Å². The molecule has 4 rings (SSSR count). The van der Waals surface area contributed by atoms with Gasteiger partial charge in [-0.2, -0.15) is 0 Å². The lowest BCUT2D eigenvalue weighted by atomic mass is 10.0. The number of ether oxygens (including phenoxy) is 1. The van der Waals surface area contributed by atoms with E-state index in [1.807, 2.05) is 0 Å². The molecule has 0 aromatic heterocycles. The quantitative estimate of drug-likeness (QED) is 0.695. The minimum absolute atomic E-state index is 0.0484. The van der Waals surface area contributed by atoms with Crippen LogP contribution in [0.25, 0.3) is 0 Å². The average molecular weight is 400 g/mol. The highest BCUT2D eigenvalue weighted by Crippen LogP contribution is 2.34. The van der Waals surface area contributed by atoms with E-state index < -0.39 is 11.6 Å². The summed E-state index contributed by atoms with van der Waals surface area (Å²) in [6.07, 6.45) is 4.18. The van der Waals surface area contributed by atoms with Crippen molar-refractivity contribution in [2.75, 3.05) is 19.6 Å². The first-order valence-electron chi connectivity index (χ1n) is 10.3. The smallest absolute Gasteiger partial charge is 0.254 e. The van der Waals surface area contributed by atoms with E-state index >= 15 is 0 Å². The van der Waals surface area contributed by atoms with E-state index in [1.54, 1.807) is 24.3 Å². The molecular weight excluding hydrogens is 374 g/mol. The number of carbonyl (C=O) groups excluding carboxylic acids is 1. The van der Waals surface area contributed by atoms with E-state index in [0.717, 1.165) is 57.5 Å². The molecule has 0 spiro atoms. The van der Waals surface area contributed by atoms with Gasteiger partial charge in [0, 0.05) is 36.8 Å². The van der Waals surface area contributed by atoms with E-state index in [1.165, 1.54) is 6.07 Å². The summed E-state index contributed by atoms with van der Waals surface area (Å²) >= 11 is 0. The van der Waals surface area contributed by atoms with Crippen molar-refractivity contribution in [2.24, 2.45) is 0 Å². The van der Waals surface area contributed by atoms with Gasteiger partial charge in [-0.3, -0.25) is 4.79 Å². The van der Waals surface area contributed by atoms with Crippen LogP contribution in [0, 0.1) is 11.6 Å². The van der Waals surface area contributed by atoms with Gasteiger partial charge in [-0.15, -0.1) is 0 Å². The van der Waals surface area contributed by atoms with Gasteiger partial charge in [0.2, 0.25) is 0 Å². The zero-order valence-corrected chi connectivity index (χ0v) is 16.6. The number of hydrogen-bond acceptors (Lipinski definition) is 3. The standard InChI is InChI=1S/C23H26F2N2O2/c1-2-26-13-11-19(12-14-26)27(18-6-7-18)23(28)16-3-8-20(9-4-16)29-22-10-5-17(24)15-21(22)25/h3-5,8-10,15,18-19H,2,6-7,11-14H2,1H3. The molecule has 0 radical (unpaired) electrons. The van der Waals surface area contributed by atoms with E-state index in [2.05, 4.69) is 16.7 Å². The fourth-order valence-electron chi connectivity index (χ4n) is 4.00. The normalized spacial score (nSPS) is 17.9. The lowest BCUT2D eigenvalue weighted by Gasteiger charge is -2.38. The highest BCUT2D eigenvalue weighted by Gasteiger charge is 2.38. The molecule has 0 atom stereocenters. The third kappa shape index (κ3) is 4.58. The van der Waals surface area contributed by atoms with Crippen LogP contribution < -0.4 is 4.74 Å². The lowest BCUT2D eigenvalue weighted by Crippen LogP contribution is -2.48. The van der Waals surface area contributed by atoms with Crippen molar-refractivity contribution < 1.29 is 18.3 Å². The van der Waals surface area contributed by atoms with Crippen LogP contribution in [-0.2, 0) is 0 Å². The molecule has 154 valence electrons. The Morgan fingerprint density at radius 3 is 2.28 bits per heavy atom. The Bertz CT molecular complexity index is 860. The Morgan fingerprint density at radius 2 is 1.69 bits per heavy atom. The fourth-order valence-corrected chi connectivity index (χ4v) is 4.00. The maximum Gasteiger partial charge on any atom is 0.254 e. The second-order valence-electron chi connectivity index (χ2n) is 7.81. The van der Waals surface area contributed by atoms with Gasteiger partial charge in [0.1, 0.15) is 11.6 Å². The fraction of sp³-hybridized carbons (Fsp3) is 0.435. The van der Waals surface area contributed by atoms with Crippen molar-refractivity contribution in [2.45, 2.75) is 44.7 Å². The lowest BCUT2D eigenvalue weighted by molar-refractivity contribution is 0.0554. The van der Waals surface area contributed by atoms with Crippen LogP contribution in [0.3, 0.4) is 0 Å². The van der Waals surface area contributed by atoms with Crippen molar-refractivity contribution >= 4 is 5.91 Å². The largest absolute Gasteiger partial charge is 0.454 e. The van der Waals surface area contributed by atoms with Gasteiger partial charge in [-0.1, -0.05) is 6.92 Å². The van der Waals surface area contributed by atoms with Gasteiger partial charge < -0.3 is 14.5 Å². The summed E-state index contributed by atoms with van der Waals surface area (Å²) in [5.74, 6) is -1.000. The van der Waals surface area contributed by atoms with Crippen molar-refractivity contribution in [3.05, 3.63) is 59.7 Å². The molecule has 4 nitrogen and oxygen atoms in total. The van der Waals surface area contributed by atoms with Crippen LogP contribution in [-0.4, -0.2) is 47.4 Å². The molecule has 2 fully saturated rings. The molecule has 2 aliphatic rings. The van der Waals surface area contributed by atoms with Crippen LogP contribution in [0.15, 0.2) is 42.5 Å². The topological polar surface area (TPSA) is 32.8 Å². The predicted molar refractivity (Wildman–Crippen MR) is 107 cm³/mol. The zero-order valence-electron chi connectivity index (χ0n) is 16.6. The van der Waals surface area contributed by atoms with Crippen LogP contribution >= 0.6 is 0 Å². The number of benzene rings is 2. The SMILES string of the molecule is CCN1CCC(N(C(=O)c2ccc(Oc3ccc(F)cc3F)cc2)C2CC2)CC1. The second-order valence-corrected chi connectivity index (χ2v) is 7.81. The molecule has 2 aromatic carbocycles. The molecule has 1 saturated carbocycles. The third-order valence-corrected chi connectivity index (χ3v) is 5.80. The number of hydrogen-bond donors (Lipinski definition) is 0. The summed E-state index contributed by atoms with van der Waals surface area (Å²) in [6.45, 7) is 5.30. The number of likely N-dealkylation sites (tertiary alicyclic amines) is 1. The minimum atomic E-state index is -0.761. The monoisotopic (exact) mass is 400 g/mol. The number of carbonyl (C=O) groups is 1. The number of rotatable bonds is 6. The Morgan fingerprint density at radius 1 is 1.03 bits per heavy atom. The Labute approximate surface area is 170 Å². The molecule has 1 heterocycles. The average Bonchev–Trinajstić information content (AvgIpc) is 3.56. The summed E-state index contributed by atoms with van der Waals surface area (Å²) in [5, 5.41) is 0. The van der Waals surface area contributed by atoms with E-state index in [4.69, 9.17) is 4.74 Å². The molecule has 1 saturated heterocycles. The highest BCUT2D eigenvalue weighted by molar-refractivity contribution is 5.95. The summed E-state index contributed by atoms with van der Waals surface area (Å²) in [4.78, 5) is 17.7. The third-order valence-electron chi connectivity index (χ3n) is 5.80. The van der Waals surface area contributed by atoms with E-state index in [-0.39, 0.29) is 11.7 Å². The van der Waals surface area contributed by atoms with Crippen molar-refractivity contribution in [3.63, 3.8) is 0 Å². The van der Waals surface area contributed by atoms with Crippen molar-refractivity contribution in [1.82, 2.24) is 9.80 Å². The minimum Gasteiger partial charge on any atom is -0.454 e. The van der Waals surface area contributed by atoms with Crippen molar-refractivity contribution in [1.29, 1.82) is 0 Å². The first kappa shape index (κ1) is 19.8. The molecule has 0 N–H and O–H groups in total. The molecule has 1 aliphatic heterocycles. The second kappa shape index (κ2) is 8.49. The number of amides is 1.